The number of likely N-dealkylation sites (tertiary alicyclic amines) is 1. The number of benzene rings is 1. The van der Waals surface area contributed by atoms with E-state index in [2.05, 4.69) is 17.6 Å². The Morgan fingerprint density at radius 3 is 2.75 bits per heavy atom. The first kappa shape index (κ1) is 18.3. The smallest absolute Gasteiger partial charge is 0.321 e. The predicted molar refractivity (Wildman–Crippen MR) is 97.0 cm³/mol. The number of hydrogen-bond donors (Lipinski definition) is 2. The molecule has 2 N–H and O–H groups in total. The largest absolute Gasteiger partial charge is 0.356 e. The van der Waals surface area contributed by atoms with Gasteiger partial charge in [-0.15, -0.1) is 0 Å². The van der Waals surface area contributed by atoms with E-state index in [0.717, 1.165) is 37.1 Å². The molecule has 1 atom stereocenters. The zero-order valence-corrected chi connectivity index (χ0v) is 15.0. The van der Waals surface area contributed by atoms with E-state index in [4.69, 9.17) is 0 Å². The standard InChI is InChI=1S/C19H29N3O2/c1-4-16-9-5-6-10-17(16)21-19(24)22-11-7-8-15(13-22)12-20-18(23)14(2)3/h5-6,9-10,14-15H,4,7-8,11-13H2,1-3H3,(H,20,23)(H,21,24). The second-order valence-electron chi connectivity index (χ2n) is 6.79. The molecule has 2 rings (SSSR count). The molecule has 1 heterocycles. The maximum absolute atomic E-state index is 12.6. The highest BCUT2D eigenvalue weighted by Crippen LogP contribution is 2.19. The van der Waals surface area contributed by atoms with Crippen molar-refractivity contribution in [3.63, 3.8) is 0 Å². The molecular formula is C19H29N3O2. The van der Waals surface area contributed by atoms with E-state index < -0.39 is 0 Å². The summed E-state index contributed by atoms with van der Waals surface area (Å²) in [6.45, 7) is 7.97. The van der Waals surface area contributed by atoms with Gasteiger partial charge in [0.05, 0.1) is 0 Å². The van der Waals surface area contributed by atoms with Crippen molar-refractivity contribution in [1.29, 1.82) is 0 Å². The molecule has 0 aromatic heterocycles. The Morgan fingerprint density at radius 2 is 2.04 bits per heavy atom. The molecule has 5 heteroatoms. The van der Waals surface area contributed by atoms with Crippen molar-refractivity contribution in [1.82, 2.24) is 10.2 Å². The van der Waals surface area contributed by atoms with E-state index >= 15 is 0 Å². The highest BCUT2D eigenvalue weighted by atomic mass is 16.2. The molecule has 1 unspecified atom stereocenters. The summed E-state index contributed by atoms with van der Waals surface area (Å²) in [6.07, 6.45) is 2.92. The van der Waals surface area contributed by atoms with Crippen molar-refractivity contribution in [2.45, 2.75) is 40.0 Å². The summed E-state index contributed by atoms with van der Waals surface area (Å²) in [5.41, 5.74) is 2.03. The van der Waals surface area contributed by atoms with Crippen LogP contribution in [0.15, 0.2) is 24.3 Å². The molecule has 0 spiro atoms. The number of rotatable bonds is 5. The Morgan fingerprint density at radius 1 is 1.29 bits per heavy atom. The van der Waals surface area contributed by atoms with Gasteiger partial charge >= 0.3 is 6.03 Å². The minimum Gasteiger partial charge on any atom is -0.356 e. The molecule has 24 heavy (non-hydrogen) atoms. The molecule has 132 valence electrons. The minimum absolute atomic E-state index is 0.00135. The van der Waals surface area contributed by atoms with Crippen LogP contribution in [0.5, 0.6) is 0 Å². The Kier molecular flexibility index (Phi) is 6.64. The normalized spacial score (nSPS) is 17.7. The van der Waals surface area contributed by atoms with Crippen LogP contribution in [0.3, 0.4) is 0 Å². The van der Waals surface area contributed by atoms with E-state index in [9.17, 15) is 9.59 Å². The van der Waals surface area contributed by atoms with Gasteiger partial charge in [0, 0.05) is 31.2 Å². The van der Waals surface area contributed by atoms with Crippen LogP contribution < -0.4 is 10.6 Å². The number of para-hydroxylation sites is 1. The van der Waals surface area contributed by atoms with Crippen LogP contribution in [-0.2, 0) is 11.2 Å². The van der Waals surface area contributed by atoms with Crippen LogP contribution in [0.1, 0.15) is 39.2 Å². The number of urea groups is 1. The Balaban J connectivity index is 1.89. The van der Waals surface area contributed by atoms with Crippen molar-refractivity contribution in [2.24, 2.45) is 11.8 Å². The fraction of sp³-hybridized carbons (Fsp3) is 0.579. The molecule has 3 amide bonds. The summed E-state index contributed by atoms with van der Waals surface area (Å²) in [4.78, 5) is 26.1. The lowest BCUT2D eigenvalue weighted by atomic mass is 9.98. The number of anilines is 1. The summed E-state index contributed by atoms with van der Waals surface area (Å²) in [6, 6.07) is 7.87. The molecule has 0 bridgehead atoms. The molecule has 1 aromatic carbocycles. The second-order valence-corrected chi connectivity index (χ2v) is 6.79. The van der Waals surface area contributed by atoms with Crippen molar-refractivity contribution < 1.29 is 9.59 Å². The van der Waals surface area contributed by atoms with E-state index in [1.165, 1.54) is 0 Å². The fourth-order valence-corrected chi connectivity index (χ4v) is 3.01. The predicted octanol–water partition coefficient (Wildman–Crippen LogP) is 3.27. The van der Waals surface area contributed by atoms with Gasteiger partial charge in [0.15, 0.2) is 0 Å². The van der Waals surface area contributed by atoms with Gasteiger partial charge in [-0.05, 0) is 36.8 Å². The average Bonchev–Trinajstić information content (AvgIpc) is 2.60. The van der Waals surface area contributed by atoms with E-state index in [0.29, 0.717) is 19.0 Å². The number of amides is 3. The molecule has 1 aliphatic heterocycles. The van der Waals surface area contributed by atoms with Gasteiger partial charge in [-0.2, -0.15) is 0 Å². The first-order chi connectivity index (χ1) is 11.5. The lowest BCUT2D eigenvalue weighted by Gasteiger charge is -2.33. The number of piperidine rings is 1. The Labute approximate surface area is 144 Å². The fourth-order valence-electron chi connectivity index (χ4n) is 3.01. The van der Waals surface area contributed by atoms with Crippen molar-refractivity contribution in [2.75, 3.05) is 25.0 Å². The van der Waals surface area contributed by atoms with Crippen LogP contribution in [0.4, 0.5) is 10.5 Å². The maximum atomic E-state index is 12.6. The van der Waals surface area contributed by atoms with Crippen molar-refractivity contribution in [3.05, 3.63) is 29.8 Å². The van der Waals surface area contributed by atoms with Gasteiger partial charge in [-0.3, -0.25) is 4.79 Å². The van der Waals surface area contributed by atoms with Crippen LogP contribution in [0.25, 0.3) is 0 Å². The zero-order valence-electron chi connectivity index (χ0n) is 15.0. The van der Waals surface area contributed by atoms with Gasteiger partial charge in [0.1, 0.15) is 0 Å². The monoisotopic (exact) mass is 331 g/mol. The third kappa shape index (κ3) is 4.98. The summed E-state index contributed by atoms with van der Waals surface area (Å²) in [7, 11) is 0. The summed E-state index contributed by atoms with van der Waals surface area (Å²) >= 11 is 0. The minimum atomic E-state index is -0.0456. The second kappa shape index (κ2) is 8.71. The van der Waals surface area contributed by atoms with Gasteiger partial charge in [0.2, 0.25) is 5.91 Å². The number of aryl methyl sites for hydroxylation is 1. The highest BCUT2D eigenvalue weighted by Gasteiger charge is 2.24. The van der Waals surface area contributed by atoms with E-state index in [1.54, 1.807) is 0 Å². The van der Waals surface area contributed by atoms with E-state index in [1.807, 2.05) is 43.0 Å². The lowest BCUT2D eigenvalue weighted by Crippen LogP contribution is -2.45. The highest BCUT2D eigenvalue weighted by molar-refractivity contribution is 5.90. The van der Waals surface area contributed by atoms with Gasteiger partial charge in [-0.25, -0.2) is 4.79 Å². The SMILES string of the molecule is CCc1ccccc1NC(=O)N1CCCC(CNC(=O)C(C)C)C1. The molecule has 5 nitrogen and oxygen atoms in total. The maximum Gasteiger partial charge on any atom is 0.321 e. The number of hydrogen-bond acceptors (Lipinski definition) is 2. The Hall–Kier alpha value is -2.04. The van der Waals surface area contributed by atoms with E-state index in [-0.39, 0.29) is 17.9 Å². The number of nitrogens with one attached hydrogen (secondary N) is 2. The summed E-state index contributed by atoms with van der Waals surface area (Å²) in [5, 5.41) is 6.02. The van der Waals surface area contributed by atoms with Crippen molar-refractivity contribution in [3.8, 4) is 0 Å². The molecule has 0 radical (unpaired) electrons. The molecule has 1 saturated heterocycles. The third-order valence-corrected chi connectivity index (χ3v) is 4.54. The van der Waals surface area contributed by atoms with Gasteiger partial charge in [-0.1, -0.05) is 39.0 Å². The van der Waals surface area contributed by atoms with Crippen LogP contribution in [-0.4, -0.2) is 36.5 Å². The van der Waals surface area contributed by atoms with Gasteiger partial charge in [0.25, 0.3) is 0 Å². The lowest BCUT2D eigenvalue weighted by molar-refractivity contribution is -0.124. The van der Waals surface area contributed by atoms with Crippen LogP contribution in [0, 0.1) is 11.8 Å². The quantitative estimate of drug-likeness (QED) is 0.870. The molecule has 0 aliphatic carbocycles. The third-order valence-electron chi connectivity index (χ3n) is 4.54. The van der Waals surface area contributed by atoms with Gasteiger partial charge < -0.3 is 15.5 Å². The number of nitrogens with zero attached hydrogens (tertiary/aromatic N) is 1. The average molecular weight is 331 g/mol. The molecule has 1 aromatic rings. The summed E-state index contributed by atoms with van der Waals surface area (Å²) < 4.78 is 0. The summed E-state index contributed by atoms with van der Waals surface area (Å²) in [5.74, 6) is 0.403. The van der Waals surface area contributed by atoms with Crippen molar-refractivity contribution >= 4 is 17.6 Å². The molecule has 0 saturated carbocycles. The number of carbonyl (C=O) groups is 2. The molecule has 1 fully saturated rings. The zero-order chi connectivity index (χ0) is 17.5. The molecular weight excluding hydrogens is 302 g/mol. The first-order valence-corrected chi connectivity index (χ1v) is 8.92. The van der Waals surface area contributed by atoms with Crippen LogP contribution in [0.2, 0.25) is 0 Å². The number of carbonyl (C=O) groups excluding carboxylic acids is 2. The van der Waals surface area contributed by atoms with Crippen LogP contribution >= 0.6 is 0 Å². The topological polar surface area (TPSA) is 61.4 Å². The Bertz CT molecular complexity index is 571. The first-order valence-electron chi connectivity index (χ1n) is 8.92. The molecule has 1 aliphatic rings.